The normalized spacial score (nSPS) is 15.4. The zero-order valence-corrected chi connectivity index (χ0v) is 23.8. The summed E-state index contributed by atoms with van der Waals surface area (Å²) in [6.45, 7) is -0.00274. The summed E-state index contributed by atoms with van der Waals surface area (Å²) in [6, 6.07) is 13.4. The number of aromatic nitrogens is 4. The molecule has 6 nitrogen and oxygen atoms in total. The Labute approximate surface area is 243 Å². The number of halogens is 6. The van der Waals surface area contributed by atoms with Crippen molar-refractivity contribution in [2.24, 2.45) is 0 Å². The van der Waals surface area contributed by atoms with Crippen LogP contribution in [0.2, 0.25) is 0 Å². The predicted octanol–water partition coefficient (Wildman–Crippen LogP) is 8.18. The molecule has 0 atom stereocenters. The molecule has 1 fully saturated rings. The van der Waals surface area contributed by atoms with Crippen LogP contribution in [0.1, 0.15) is 43.8 Å². The molecule has 0 aliphatic heterocycles. The molecule has 0 saturated heterocycles. The van der Waals surface area contributed by atoms with Crippen LogP contribution in [0.15, 0.2) is 42.5 Å². The molecule has 0 unspecified atom stereocenters. The highest BCUT2D eigenvalue weighted by Gasteiger charge is 2.34. The van der Waals surface area contributed by atoms with Gasteiger partial charge in [-0.15, -0.1) is 0 Å². The highest BCUT2D eigenvalue weighted by Crippen LogP contribution is 2.42. The van der Waals surface area contributed by atoms with E-state index in [9.17, 15) is 4.79 Å². The lowest BCUT2D eigenvalue weighted by molar-refractivity contribution is -0.151. The second kappa shape index (κ2) is 10.6. The van der Waals surface area contributed by atoms with Crippen LogP contribution in [-0.2, 0) is 23.7 Å². The Balaban J connectivity index is 1.69. The van der Waals surface area contributed by atoms with Crippen molar-refractivity contribution in [2.45, 2.75) is 52.3 Å². The Bertz CT molecular complexity index is 1440. The average Bonchev–Trinajstić information content (AvgIpc) is 3.17. The molecule has 5 rings (SSSR count). The van der Waals surface area contributed by atoms with Crippen molar-refractivity contribution in [1.29, 1.82) is 0 Å². The van der Waals surface area contributed by atoms with Crippen molar-refractivity contribution >= 4 is 97.4 Å². The molecule has 37 heavy (non-hydrogen) atoms. The standard InChI is InChI=1S/C25H20Cl6N4O2/c26-24(27,28)22-32-21(33-23(34-22)25(29,30)31)17-11-6-10-16-15-9-4-5-12-18(15)35(20(16)17)13-19(36)37-14-7-2-1-3-8-14/h4-6,9-12,14H,1-3,7-8,13H2. The van der Waals surface area contributed by atoms with E-state index >= 15 is 0 Å². The van der Waals surface area contributed by atoms with Crippen LogP contribution in [0.3, 0.4) is 0 Å². The van der Waals surface area contributed by atoms with Crippen LogP contribution in [0.25, 0.3) is 33.2 Å². The van der Waals surface area contributed by atoms with Crippen molar-refractivity contribution in [3.63, 3.8) is 0 Å². The number of esters is 1. The van der Waals surface area contributed by atoms with Gasteiger partial charge in [0.05, 0.1) is 5.52 Å². The first-order chi connectivity index (χ1) is 17.5. The monoisotopic (exact) mass is 618 g/mol. The van der Waals surface area contributed by atoms with Crippen LogP contribution in [0.5, 0.6) is 0 Å². The van der Waals surface area contributed by atoms with Gasteiger partial charge in [0.2, 0.25) is 7.59 Å². The molecule has 1 aliphatic carbocycles. The molecule has 0 amide bonds. The van der Waals surface area contributed by atoms with E-state index < -0.39 is 7.59 Å². The molecule has 0 bridgehead atoms. The highest BCUT2D eigenvalue weighted by atomic mass is 35.6. The molecular weight excluding hydrogens is 601 g/mol. The molecule has 4 aromatic rings. The predicted molar refractivity (Wildman–Crippen MR) is 150 cm³/mol. The second-order valence-corrected chi connectivity index (χ2v) is 13.4. The fourth-order valence-electron chi connectivity index (χ4n) is 4.74. The second-order valence-electron chi connectivity index (χ2n) is 8.86. The van der Waals surface area contributed by atoms with Gasteiger partial charge in [0.1, 0.15) is 12.6 Å². The quantitative estimate of drug-likeness (QED) is 0.170. The third-order valence-corrected chi connectivity index (χ3v) is 7.33. The van der Waals surface area contributed by atoms with Crippen LogP contribution in [0, 0.1) is 0 Å². The van der Waals surface area contributed by atoms with Crippen molar-refractivity contribution in [3.05, 3.63) is 54.1 Å². The van der Waals surface area contributed by atoms with E-state index in [0.29, 0.717) is 11.1 Å². The lowest BCUT2D eigenvalue weighted by Gasteiger charge is -2.22. The first-order valence-electron chi connectivity index (χ1n) is 11.6. The number of para-hydroxylation sites is 2. The van der Waals surface area contributed by atoms with Gasteiger partial charge in [-0.3, -0.25) is 4.79 Å². The molecule has 194 valence electrons. The van der Waals surface area contributed by atoms with Crippen LogP contribution in [-0.4, -0.2) is 31.6 Å². The third kappa shape index (κ3) is 5.75. The van der Waals surface area contributed by atoms with Crippen LogP contribution < -0.4 is 0 Å². The molecule has 0 spiro atoms. The lowest BCUT2D eigenvalue weighted by atomic mass is 9.98. The first-order valence-corrected chi connectivity index (χ1v) is 13.9. The highest BCUT2D eigenvalue weighted by molar-refractivity contribution is 6.67. The average molecular weight is 621 g/mol. The number of hydrogen-bond donors (Lipinski definition) is 0. The van der Waals surface area contributed by atoms with Crippen molar-refractivity contribution < 1.29 is 9.53 Å². The summed E-state index contributed by atoms with van der Waals surface area (Å²) in [5.41, 5.74) is 2.09. The van der Waals surface area contributed by atoms with E-state index in [1.165, 1.54) is 6.42 Å². The van der Waals surface area contributed by atoms with Gasteiger partial charge in [0.15, 0.2) is 17.5 Å². The summed E-state index contributed by atoms with van der Waals surface area (Å²) in [4.78, 5) is 26.0. The number of ether oxygens (including phenoxy) is 1. The summed E-state index contributed by atoms with van der Waals surface area (Å²) in [6.07, 6.45) is 5.00. The zero-order chi connectivity index (χ0) is 26.4. The van der Waals surface area contributed by atoms with Crippen molar-refractivity contribution in [1.82, 2.24) is 19.5 Å². The molecule has 0 N–H and O–H groups in total. The number of hydrogen-bond acceptors (Lipinski definition) is 5. The Morgan fingerprint density at radius 3 is 2.11 bits per heavy atom. The smallest absolute Gasteiger partial charge is 0.326 e. The number of fused-ring (bicyclic) bond motifs is 3. The maximum absolute atomic E-state index is 13.1. The SMILES string of the molecule is O=C(Cn1c2ccccc2c2cccc(-c3nc(C(Cl)(Cl)Cl)nc(C(Cl)(Cl)Cl)n3)c21)OC1CCCCC1. The van der Waals surface area contributed by atoms with E-state index in [1.807, 2.05) is 41.0 Å². The van der Waals surface area contributed by atoms with Gasteiger partial charge < -0.3 is 9.30 Å². The maximum atomic E-state index is 13.1. The molecule has 1 aliphatic rings. The minimum absolute atomic E-state index is 0.00274. The number of carbonyl (C=O) groups is 1. The fraction of sp³-hybridized carbons (Fsp3) is 0.360. The molecule has 0 radical (unpaired) electrons. The van der Waals surface area contributed by atoms with Crippen LogP contribution >= 0.6 is 69.6 Å². The van der Waals surface area contributed by atoms with E-state index in [-0.39, 0.29) is 36.1 Å². The number of benzene rings is 2. The molecule has 1 saturated carbocycles. The number of nitrogens with zero attached hydrogens (tertiary/aromatic N) is 4. The summed E-state index contributed by atoms with van der Waals surface area (Å²) in [5.74, 6) is -0.572. The fourth-order valence-corrected chi connectivity index (χ4v) is 5.25. The first kappa shape index (κ1) is 27.0. The Kier molecular flexibility index (Phi) is 7.71. The van der Waals surface area contributed by atoms with E-state index in [0.717, 1.165) is 42.0 Å². The lowest BCUT2D eigenvalue weighted by Crippen LogP contribution is -2.23. The van der Waals surface area contributed by atoms with Gasteiger partial charge in [-0.1, -0.05) is 106 Å². The van der Waals surface area contributed by atoms with E-state index in [4.69, 9.17) is 74.3 Å². The van der Waals surface area contributed by atoms with E-state index in [1.54, 1.807) is 6.07 Å². The van der Waals surface area contributed by atoms with Gasteiger partial charge in [0.25, 0.3) is 0 Å². The van der Waals surface area contributed by atoms with Gasteiger partial charge in [-0.25, -0.2) is 15.0 Å². The largest absolute Gasteiger partial charge is 0.461 e. The Morgan fingerprint density at radius 1 is 0.838 bits per heavy atom. The third-order valence-electron chi connectivity index (χ3n) is 6.31. The van der Waals surface area contributed by atoms with Crippen molar-refractivity contribution in [3.8, 4) is 11.4 Å². The Hall–Kier alpha value is -1.54. The molecular formula is C25H20Cl6N4O2. The zero-order valence-electron chi connectivity index (χ0n) is 19.2. The summed E-state index contributed by atoms with van der Waals surface area (Å²) >= 11 is 36.6. The Morgan fingerprint density at radius 2 is 1.46 bits per heavy atom. The minimum Gasteiger partial charge on any atom is -0.461 e. The number of rotatable bonds is 4. The number of alkyl halides is 6. The summed E-state index contributed by atoms with van der Waals surface area (Å²) in [5, 5.41) is 1.83. The maximum Gasteiger partial charge on any atom is 0.326 e. The molecule has 2 heterocycles. The molecule has 2 aromatic carbocycles. The van der Waals surface area contributed by atoms with Gasteiger partial charge in [-0.2, -0.15) is 0 Å². The number of carbonyl (C=O) groups excluding carboxylic acids is 1. The summed E-state index contributed by atoms with van der Waals surface area (Å²) in [7, 11) is 0. The van der Waals surface area contributed by atoms with Gasteiger partial charge in [0, 0.05) is 21.9 Å². The van der Waals surface area contributed by atoms with E-state index in [2.05, 4.69) is 15.0 Å². The molecule has 12 heteroatoms. The van der Waals surface area contributed by atoms with Gasteiger partial charge >= 0.3 is 5.97 Å². The molecule has 2 aromatic heterocycles. The summed E-state index contributed by atoms with van der Waals surface area (Å²) < 4.78 is 3.73. The van der Waals surface area contributed by atoms with Gasteiger partial charge in [-0.05, 0) is 37.8 Å². The topological polar surface area (TPSA) is 69.9 Å². The van der Waals surface area contributed by atoms with Crippen LogP contribution in [0.4, 0.5) is 0 Å². The minimum atomic E-state index is -1.99. The van der Waals surface area contributed by atoms with Crippen molar-refractivity contribution in [2.75, 3.05) is 0 Å².